The fourth-order valence-corrected chi connectivity index (χ4v) is 2.37. The van der Waals surface area contributed by atoms with Gasteiger partial charge in [0.05, 0.1) is 18.0 Å². The van der Waals surface area contributed by atoms with Crippen LogP contribution in [0.2, 0.25) is 0 Å². The molecule has 0 saturated carbocycles. The zero-order valence-corrected chi connectivity index (χ0v) is 13.4. The molecule has 23 heavy (non-hydrogen) atoms. The van der Waals surface area contributed by atoms with Gasteiger partial charge in [-0.2, -0.15) is 5.26 Å². The maximum atomic E-state index is 12.1. The first-order valence-electron chi connectivity index (χ1n) is 7.77. The number of carbonyl (C=O) groups excluding carboxylic acids is 1. The van der Waals surface area contributed by atoms with E-state index in [2.05, 4.69) is 9.97 Å². The van der Waals surface area contributed by atoms with Crippen LogP contribution in [0.3, 0.4) is 0 Å². The summed E-state index contributed by atoms with van der Waals surface area (Å²) in [6.45, 7) is 4.64. The zero-order chi connectivity index (χ0) is 16.7. The molecule has 122 valence electrons. The van der Waals surface area contributed by atoms with Gasteiger partial charge in [-0.15, -0.1) is 0 Å². The number of carbonyl (C=O) groups is 1. The maximum Gasteiger partial charge on any atom is 0.225 e. The molecular weight excluding hydrogens is 292 g/mol. The minimum absolute atomic E-state index is 0.0288. The van der Waals surface area contributed by atoms with E-state index in [0.717, 1.165) is 6.42 Å². The Labute approximate surface area is 136 Å². The standard InChI is InChI=1S/C16H22N6O/c1-13(18)4-2-3-5-15(23)21-6-8-22(9-7-21)16-19-11-14(10-17)12-20-16/h2,4,11-13H,3,5-9,18H2,1H3/b4-2+. The first-order valence-corrected chi connectivity index (χ1v) is 7.77. The Morgan fingerprint density at radius 2 is 2.04 bits per heavy atom. The van der Waals surface area contributed by atoms with Crippen molar-refractivity contribution in [2.75, 3.05) is 31.1 Å². The van der Waals surface area contributed by atoms with Gasteiger partial charge >= 0.3 is 0 Å². The molecule has 1 aromatic heterocycles. The molecular formula is C16H22N6O. The normalized spacial score (nSPS) is 16.4. The van der Waals surface area contributed by atoms with E-state index in [1.165, 1.54) is 12.4 Å². The van der Waals surface area contributed by atoms with Crippen LogP contribution >= 0.6 is 0 Å². The second-order valence-corrected chi connectivity index (χ2v) is 5.58. The number of amides is 1. The summed E-state index contributed by atoms with van der Waals surface area (Å²) in [6.07, 6.45) is 8.14. The lowest BCUT2D eigenvalue weighted by Crippen LogP contribution is -2.49. The summed E-state index contributed by atoms with van der Waals surface area (Å²) in [5.74, 6) is 0.774. The van der Waals surface area contributed by atoms with Gasteiger partial charge in [-0.25, -0.2) is 9.97 Å². The SMILES string of the molecule is CC(N)/C=C/CCC(=O)N1CCN(c2ncc(C#N)cn2)CC1. The predicted octanol–water partition coefficient (Wildman–Crippen LogP) is 0.680. The van der Waals surface area contributed by atoms with E-state index in [9.17, 15) is 4.79 Å². The van der Waals surface area contributed by atoms with Crippen molar-refractivity contribution in [3.63, 3.8) is 0 Å². The van der Waals surface area contributed by atoms with Crippen LogP contribution in [0.1, 0.15) is 25.3 Å². The van der Waals surface area contributed by atoms with Crippen LogP contribution in [0.4, 0.5) is 5.95 Å². The van der Waals surface area contributed by atoms with E-state index in [4.69, 9.17) is 11.0 Å². The molecule has 0 radical (unpaired) electrons. The molecule has 1 unspecified atom stereocenters. The van der Waals surface area contributed by atoms with Gasteiger partial charge in [0.25, 0.3) is 0 Å². The third-order valence-corrected chi connectivity index (χ3v) is 3.65. The highest BCUT2D eigenvalue weighted by Crippen LogP contribution is 2.12. The lowest BCUT2D eigenvalue weighted by atomic mass is 10.2. The van der Waals surface area contributed by atoms with E-state index in [0.29, 0.717) is 44.1 Å². The van der Waals surface area contributed by atoms with Crippen molar-refractivity contribution in [1.29, 1.82) is 5.26 Å². The predicted molar refractivity (Wildman–Crippen MR) is 87.6 cm³/mol. The Kier molecular flexibility index (Phi) is 6.06. The van der Waals surface area contributed by atoms with Gasteiger partial charge in [0.2, 0.25) is 11.9 Å². The molecule has 2 rings (SSSR count). The smallest absolute Gasteiger partial charge is 0.225 e. The van der Waals surface area contributed by atoms with Crippen LogP contribution in [-0.2, 0) is 4.79 Å². The Morgan fingerprint density at radius 1 is 1.39 bits per heavy atom. The Hall–Kier alpha value is -2.46. The molecule has 2 N–H and O–H groups in total. The molecule has 0 bridgehead atoms. The molecule has 1 aromatic rings. The molecule has 0 aromatic carbocycles. The largest absolute Gasteiger partial charge is 0.339 e. The third-order valence-electron chi connectivity index (χ3n) is 3.65. The summed E-state index contributed by atoms with van der Waals surface area (Å²) >= 11 is 0. The summed E-state index contributed by atoms with van der Waals surface area (Å²) in [5.41, 5.74) is 6.07. The van der Waals surface area contributed by atoms with Crippen molar-refractivity contribution in [2.24, 2.45) is 5.73 Å². The number of anilines is 1. The van der Waals surface area contributed by atoms with Crippen LogP contribution in [0.25, 0.3) is 0 Å². The molecule has 2 heterocycles. The van der Waals surface area contributed by atoms with Crippen molar-refractivity contribution in [3.8, 4) is 6.07 Å². The highest BCUT2D eigenvalue weighted by atomic mass is 16.2. The van der Waals surface area contributed by atoms with Crippen molar-refractivity contribution < 1.29 is 4.79 Å². The average molecular weight is 314 g/mol. The molecule has 1 aliphatic rings. The first-order chi connectivity index (χ1) is 11.1. The lowest BCUT2D eigenvalue weighted by molar-refractivity contribution is -0.131. The second kappa shape index (κ2) is 8.25. The minimum atomic E-state index is 0.0288. The number of nitriles is 1. The third kappa shape index (κ3) is 5.04. The molecule has 1 amide bonds. The van der Waals surface area contributed by atoms with Crippen LogP contribution in [0.15, 0.2) is 24.5 Å². The number of aromatic nitrogens is 2. The van der Waals surface area contributed by atoms with Gasteiger partial charge in [0.1, 0.15) is 6.07 Å². The van der Waals surface area contributed by atoms with Gasteiger partial charge < -0.3 is 15.5 Å². The number of allylic oxidation sites excluding steroid dienone is 1. The summed E-state index contributed by atoms with van der Waals surface area (Å²) in [5, 5.41) is 8.75. The highest BCUT2D eigenvalue weighted by Gasteiger charge is 2.21. The van der Waals surface area contributed by atoms with Gasteiger partial charge in [-0.05, 0) is 13.3 Å². The molecule has 1 atom stereocenters. The fourth-order valence-electron chi connectivity index (χ4n) is 2.37. The molecule has 7 nitrogen and oxygen atoms in total. The maximum absolute atomic E-state index is 12.1. The highest BCUT2D eigenvalue weighted by molar-refractivity contribution is 5.76. The topological polar surface area (TPSA) is 99.1 Å². The second-order valence-electron chi connectivity index (χ2n) is 5.58. The summed E-state index contributed by atoms with van der Waals surface area (Å²) in [4.78, 5) is 24.4. The van der Waals surface area contributed by atoms with E-state index in [1.807, 2.05) is 34.9 Å². The van der Waals surface area contributed by atoms with Gasteiger partial charge in [-0.1, -0.05) is 12.2 Å². The van der Waals surface area contributed by atoms with Crippen molar-refractivity contribution in [2.45, 2.75) is 25.8 Å². The van der Waals surface area contributed by atoms with Crippen LogP contribution < -0.4 is 10.6 Å². The number of nitrogens with zero attached hydrogens (tertiary/aromatic N) is 5. The molecule has 1 saturated heterocycles. The molecule has 7 heteroatoms. The quantitative estimate of drug-likeness (QED) is 0.802. The van der Waals surface area contributed by atoms with E-state index in [1.54, 1.807) is 0 Å². The number of hydrogen-bond donors (Lipinski definition) is 1. The first kappa shape index (κ1) is 16.9. The number of rotatable bonds is 5. The van der Waals surface area contributed by atoms with Crippen LogP contribution in [0, 0.1) is 11.3 Å². The van der Waals surface area contributed by atoms with Crippen LogP contribution in [0.5, 0.6) is 0 Å². The number of nitrogens with two attached hydrogens (primary N) is 1. The average Bonchev–Trinajstić information content (AvgIpc) is 2.58. The molecule has 0 aliphatic carbocycles. The minimum Gasteiger partial charge on any atom is -0.339 e. The van der Waals surface area contributed by atoms with Crippen LogP contribution in [-0.4, -0.2) is 53.0 Å². The van der Waals surface area contributed by atoms with Gasteiger partial charge in [0, 0.05) is 38.6 Å². The Morgan fingerprint density at radius 3 is 2.61 bits per heavy atom. The summed E-state index contributed by atoms with van der Waals surface area (Å²) < 4.78 is 0. The summed E-state index contributed by atoms with van der Waals surface area (Å²) in [7, 11) is 0. The monoisotopic (exact) mass is 314 g/mol. The van der Waals surface area contributed by atoms with Crippen molar-refractivity contribution >= 4 is 11.9 Å². The van der Waals surface area contributed by atoms with Gasteiger partial charge in [0.15, 0.2) is 0 Å². The number of piperazine rings is 1. The fraction of sp³-hybridized carbons (Fsp3) is 0.500. The van der Waals surface area contributed by atoms with Crippen molar-refractivity contribution in [3.05, 3.63) is 30.1 Å². The van der Waals surface area contributed by atoms with E-state index in [-0.39, 0.29) is 11.9 Å². The van der Waals surface area contributed by atoms with Crippen molar-refractivity contribution in [1.82, 2.24) is 14.9 Å². The molecule has 1 fully saturated rings. The lowest BCUT2D eigenvalue weighted by Gasteiger charge is -2.34. The number of hydrogen-bond acceptors (Lipinski definition) is 6. The summed E-state index contributed by atoms with van der Waals surface area (Å²) in [6, 6.07) is 2.03. The van der Waals surface area contributed by atoms with E-state index < -0.39 is 0 Å². The Bertz CT molecular complexity index is 582. The molecule has 1 aliphatic heterocycles. The van der Waals surface area contributed by atoms with E-state index >= 15 is 0 Å². The zero-order valence-electron chi connectivity index (χ0n) is 13.4. The molecule has 0 spiro atoms. The van der Waals surface area contributed by atoms with Gasteiger partial charge in [-0.3, -0.25) is 4.79 Å². The Balaban J connectivity index is 1.78.